The second-order valence-electron chi connectivity index (χ2n) is 4.51. The Kier molecular flexibility index (Phi) is 3.95. The van der Waals surface area contributed by atoms with Gasteiger partial charge >= 0.3 is 0 Å². The van der Waals surface area contributed by atoms with Crippen molar-refractivity contribution < 1.29 is 0 Å². The van der Waals surface area contributed by atoms with Gasteiger partial charge in [-0.2, -0.15) is 0 Å². The zero-order valence-corrected chi connectivity index (χ0v) is 11.8. The number of para-hydroxylation sites is 1. The molecule has 3 nitrogen and oxygen atoms in total. The van der Waals surface area contributed by atoms with Gasteiger partial charge in [0.1, 0.15) is 11.4 Å². The van der Waals surface area contributed by atoms with Crippen LogP contribution in [-0.4, -0.2) is 9.97 Å². The number of nitrogens with two attached hydrogens (primary N) is 1. The van der Waals surface area contributed by atoms with Crippen LogP contribution in [0.15, 0.2) is 59.9 Å². The van der Waals surface area contributed by atoms with Gasteiger partial charge in [0.2, 0.25) is 0 Å². The van der Waals surface area contributed by atoms with Crippen molar-refractivity contribution in [3.05, 3.63) is 66.0 Å². The second-order valence-corrected chi connectivity index (χ2v) is 5.47. The Morgan fingerprint density at radius 1 is 0.950 bits per heavy atom. The van der Waals surface area contributed by atoms with Crippen molar-refractivity contribution in [2.75, 3.05) is 0 Å². The van der Waals surface area contributed by atoms with E-state index in [4.69, 9.17) is 5.73 Å². The lowest BCUT2D eigenvalue weighted by molar-refractivity contribution is 1.06. The summed E-state index contributed by atoms with van der Waals surface area (Å²) in [7, 11) is 0. The van der Waals surface area contributed by atoms with Crippen LogP contribution < -0.4 is 5.73 Å². The van der Waals surface area contributed by atoms with Crippen molar-refractivity contribution in [1.82, 2.24) is 9.97 Å². The SMILES string of the molecule is NCc1cccc(CSc2ncnc3ccccc23)c1. The number of fused-ring (bicyclic) bond motifs is 1. The molecule has 0 spiro atoms. The van der Waals surface area contributed by atoms with Crippen LogP contribution in [-0.2, 0) is 12.3 Å². The van der Waals surface area contributed by atoms with E-state index in [2.05, 4.69) is 34.2 Å². The molecule has 0 atom stereocenters. The molecule has 3 rings (SSSR count). The third kappa shape index (κ3) is 2.81. The number of thioether (sulfide) groups is 1. The number of benzene rings is 2. The minimum Gasteiger partial charge on any atom is -0.326 e. The largest absolute Gasteiger partial charge is 0.326 e. The highest BCUT2D eigenvalue weighted by atomic mass is 32.2. The first-order chi connectivity index (χ1) is 9.86. The van der Waals surface area contributed by atoms with Gasteiger partial charge in [0.15, 0.2) is 0 Å². The monoisotopic (exact) mass is 281 g/mol. The molecule has 2 N–H and O–H groups in total. The summed E-state index contributed by atoms with van der Waals surface area (Å²) in [6.45, 7) is 0.578. The Hall–Kier alpha value is -1.91. The van der Waals surface area contributed by atoms with E-state index in [9.17, 15) is 0 Å². The minimum absolute atomic E-state index is 0.578. The molecule has 1 heterocycles. The lowest BCUT2D eigenvalue weighted by atomic mass is 10.1. The van der Waals surface area contributed by atoms with Crippen molar-refractivity contribution in [3.8, 4) is 0 Å². The van der Waals surface area contributed by atoms with Crippen LogP contribution >= 0.6 is 11.8 Å². The van der Waals surface area contributed by atoms with E-state index < -0.39 is 0 Å². The van der Waals surface area contributed by atoms with Crippen LogP contribution in [0.1, 0.15) is 11.1 Å². The van der Waals surface area contributed by atoms with Crippen molar-refractivity contribution in [3.63, 3.8) is 0 Å². The van der Waals surface area contributed by atoms with Crippen LogP contribution in [0.3, 0.4) is 0 Å². The second kappa shape index (κ2) is 6.03. The predicted molar refractivity (Wildman–Crippen MR) is 83.4 cm³/mol. The van der Waals surface area contributed by atoms with E-state index >= 15 is 0 Å². The van der Waals surface area contributed by atoms with Crippen molar-refractivity contribution >= 4 is 22.7 Å². The maximum Gasteiger partial charge on any atom is 0.117 e. The molecule has 20 heavy (non-hydrogen) atoms. The average Bonchev–Trinajstić information content (AvgIpc) is 2.53. The van der Waals surface area contributed by atoms with Crippen LogP contribution in [0.5, 0.6) is 0 Å². The Morgan fingerprint density at radius 3 is 2.70 bits per heavy atom. The van der Waals surface area contributed by atoms with E-state index in [0.717, 1.165) is 27.2 Å². The third-order valence-corrected chi connectivity index (χ3v) is 4.19. The minimum atomic E-state index is 0.578. The zero-order chi connectivity index (χ0) is 13.8. The third-order valence-electron chi connectivity index (χ3n) is 3.11. The van der Waals surface area contributed by atoms with E-state index in [1.54, 1.807) is 18.1 Å². The standard InChI is InChI=1S/C16H15N3S/c17-9-12-4-3-5-13(8-12)10-20-16-14-6-1-2-7-15(14)18-11-19-16/h1-8,11H,9-10,17H2. The predicted octanol–water partition coefficient (Wildman–Crippen LogP) is 3.38. The first kappa shape index (κ1) is 13.1. The Balaban J connectivity index is 1.83. The zero-order valence-electron chi connectivity index (χ0n) is 11.0. The molecular formula is C16H15N3S. The molecule has 0 unspecified atom stereocenters. The van der Waals surface area contributed by atoms with Crippen molar-refractivity contribution in [1.29, 1.82) is 0 Å². The van der Waals surface area contributed by atoms with Crippen LogP contribution in [0.2, 0.25) is 0 Å². The van der Waals surface area contributed by atoms with E-state index in [0.29, 0.717) is 6.54 Å². The summed E-state index contributed by atoms with van der Waals surface area (Å²) in [6, 6.07) is 16.5. The molecule has 0 saturated carbocycles. The molecule has 1 aromatic heterocycles. The maximum atomic E-state index is 5.67. The first-order valence-corrected chi connectivity index (χ1v) is 7.46. The van der Waals surface area contributed by atoms with E-state index in [1.807, 2.05) is 24.3 Å². The van der Waals surface area contributed by atoms with Gasteiger partial charge in [-0.05, 0) is 17.2 Å². The summed E-state index contributed by atoms with van der Waals surface area (Å²) < 4.78 is 0. The number of nitrogens with zero attached hydrogens (tertiary/aromatic N) is 2. The van der Waals surface area contributed by atoms with Gasteiger partial charge in [0, 0.05) is 17.7 Å². The molecule has 0 bridgehead atoms. The molecule has 0 aliphatic heterocycles. The summed E-state index contributed by atoms with van der Waals surface area (Å²) in [6.07, 6.45) is 1.63. The van der Waals surface area contributed by atoms with Gasteiger partial charge in [-0.1, -0.05) is 42.5 Å². The van der Waals surface area contributed by atoms with E-state index in [1.165, 1.54) is 5.56 Å². The molecule has 3 aromatic rings. The number of hydrogen-bond acceptors (Lipinski definition) is 4. The lowest BCUT2D eigenvalue weighted by Gasteiger charge is -2.06. The quantitative estimate of drug-likeness (QED) is 0.588. The fourth-order valence-corrected chi connectivity index (χ4v) is 3.03. The lowest BCUT2D eigenvalue weighted by Crippen LogP contribution is -1.96. The molecule has 0 amide bonds. The maximum absolute atomic E-state index is 5.67. The van der Waals surface area contributed by atoms with Gasteiger partial charge in [0.05, 0.1) is 5.52 Å². The Labute approximate surface area is 122 Å². The summed E-state index contributed by atoms with van der Waals surface area (Å²) in [4.78, 5) is 8.67. The molecule has 100 valence electrons. The molecule has 0 saturated heterocycles. The highest BCUT2D eigenvalue weighted by molar-refractivity contribution is 7.98. The van der Waals surface area contributed by atoms with Gasteiger partial charge in [-0.15, -0.1) is 11.8 Å². The summed E-state index contributed by atoms with van der Waals surface area (Å²) in [5.74, 6) is 0.884. The molecule has 4 heteroatoms. The highest BCUT2D eigenvalue weighted by Crippen LogP contribution is 2.27. The van der Waals surface area contributed by atoms with Gasteiger partial charge < -0.3 is 5.73 Å². The van der Waals surface area contributed by atoms with Crippen LogP contribution in [0, 0.1) is 0 Å². The normalized spacial score (nSPS) is 10.8. The Bertz CT molecular complexity index is 722. The van der Waals surface area contributed by atoms with Crippen LogP contribution in [0.4, 0.5) is 0 Å². The molecular weight excluding hydrogens is 266 g/mol. The van der Waals surface area contributed by atoms with Crippen molar-refractivity contribution in [2.24, 2.45) is 5.73 Å². The molecule has 0 aliphatic carbocycles. The fourth-order valence-electron chi connectivity index (χ4n) is 2.09. The Morgan fingerprint density at radius 2 is 1.80 bits per heavy atom. The smallest absolute Gasteiger partial charge is 0.117 e. The number of aromatic nitrogens is 2. The van der Waals surface area contributed by atoms with E-state index in [-0.39, 0.29) is 0 Å². The topological polar surface area (TPSA) is 51.8 Å². The summed E-state index contributed by atoms with van der Waals surface area (Å²) in [5, 5.41) is 2.13. The average molecular weight is 281 g/mol. The summed E-state index contributed by atoms with van der Waals surface area (Å²) >= 11 is 1.73. The van der Waals surface area contributed by atoms with Gasteiger partial charge in [0.25, 0.3) is 0 Å². The van der Waals surface area contributed by atoms with Crippen molar-refractivity contribution in [2.45, 2.75) is 17.3 Å². The first-order valence-electron chi connectivity index (χ1n) is 6.47. The fraction of sp³-hybridized carbons (Fsp3) is 0.125. The van der Waals surface area contributed by atoms with Gasteiger partial charge in [-0.25, -0.2) is 9.97 Å². The molecule has 0 radical (unpaired) electrons. The number of hydrogen-bond donors (Lipinski definition) is 1. The summed E-state index contributed by atoms with van der Waals surface area (Å²) in [5.41, 5.74) is 9.09. The highest BCUT2D eigenvalue weighted by Gasteiger charge is 2.04. The molecule has 0 fully saturated rings. The molecule has 0 aliphatic rings. The molecule has 2 aromatic carbocycles. The number of rotatable bonds is 4. The van der Waals surface area contributed by atoms with Crippen LogP contribution in [0.25, 0.3) is 10.9 Å². The van der Waals surface area contributed by atoms with Gasteiger partial charge in [-0.3, -0.25) is 0 Å².